The predicted molar refractivity (Wildman–Crippen MR) is 94.8 cm³/mol. The highest BCUT2D eigenvalue weighted by Crippen LogP contribution is 2.50. The van der Waals surface area contributed by atoms with Gasteiger partial charge in [0.15, 0.2) is 6.29 Å². The summed E-state index contributed by atoms with van der Waals surface area (Å²) < 4.78 is 13.4. The first-order valence-corrected chi connectivity index (χ1v) is 8.79. The molecule has 0 fully saturated rings. The van der Waals surface area contributed by atoms with E-state index in [0.29, 0.717) is 17.6 Å². The molecule has 0 saturated heterocycles. The summed E-state index contributed by atoms with van der Waals surface area (Å²) in [5.41, 5.74) is 2.14. The van der Waals surface area contributed by atoms with E-state index in [0.717, 1.165) is 29.3 Å². The molecule has 2 rings (SSSR count). The molecule has 122 valence electrons. The van der Waals surface area contributed by atoms with Crippen molar-refractivity contribution < 1.29 is 14.3 Å². The smallest absolute Gasteiger partial charge is 0.150 e. The first kappa shape index (κ1) is 17.6. The molecular formula is C19H22FO2P. The molecule has 0 aromatic heterocycles. The Morgan fingerprint density at radius 1 is 1.22 bits per heavy atom. The minimum atomic E-state index is -0.405. The third-order valence-electron chi connectivity index (χ3n) is 4.47. The van der Waals surface area contributed by atoms with Gasteiger partial charge in [-0.3, -0.25) is 4.79 Å². The van der Waals surface area contributed by atoms with Crippen LogP contribution in [0.5, 0.6) is 5.75 Å². The molecule has 0 amide bonds. The van der Waals surface area contributed by atoms with Gasteiger partial charge in [-0.25, -0.2) is 4.39 Å². The number of carbonyl (C=O) groups excluding carboxylic acids is 1. The van der Waals surface area contributed by atoms with E-state index in [9.17, 15) is 14.3 Å². The Bertz CT molecular complexity index is 709. The molecule has 4 heteroatoms. The first-order chi connectivity index (χ1) is 11.0. The van der Waals surface area contributed by atoms with Gasteiger partial charge in [-0.05, 0) is 42.8 Å². The number of aldehydes is 1. The van der Waals surface area contributed by atoms with Gasteiger partial charge in [-0.2, -0.15) is 0 Å². The second kappa shape index (κ2) is 7.23. The summed E-state index contributed by atoms with van der Waals surface area (Å²) in [5, 5.41) is 11.1. The maximum absolute atomic E-state index is 13.4. The molecular weight excluding hydrogens is 310 g/mol. The van der Waals surface area contributed by atoms with Crippen molar-refractivity contribution >= 4 is 20.2 Å². The summed E-state index contributed by atoms with van der Waals surface area (Å²) in [5.74, 6) is -0.0869. The van der Waals surface area contributed by atoms with E-state index in [4.69, 9.17) is 0 Å². The number of hydrogen-bond acceptors (Lipinski definition) is 2. The quantitative estimate of drug-likeness (QED) is 0.616. The summed E-state index contributed by atoms with van der Waals surface area (Å²) in [7, 11) is 0.280. The first-order valence-electron chi connectivity index (χ1n) is 7.79. The predicted octanol–water partition coefficient (Wildman–Crippen LogP) is 4.67. The number of phenols is 1. The molecule has 2 aromatic rings. The maximum atomic E-state index is 13.4. The van der Waals surface area contributed by atoms with Crippen LogP contribution >= 0.6 is 8.58 Å². The molecule has 0 radical (unpaired) electrons. The molecule has 2 aromatic carbocycles. The molecule has 0 aliphatic heterocycles. The van der Waals surface area contributed by atoms with Gasteiger partial charge >= 0.3 is 0 Å². The normalized spacial score (nSPS) is 12.0. The standard InChI is InChI=1S/C19H22FO2P/c1-4-19(5-2,16-8-6-7-13(3)18(16)22)23-17-10-9-15(20)11-14(17)12-21/h6-12,22-23H,4-5H2,1-3H3. The van der Waals surface area contributed by atoms with E-state index < -0.39 is 5.82 Å². The van der Waals surface area contributed by atoms with Crippen molar-refractivity contribution in [3.8, 4) is 5.75 Å². The second-order valence-corrected chi connectivity index (χ2v) is 7.48. The zero-order valence-corrected chi connectivity index (χ0v) is 14.7. The number of hydrogen-bond donors (Lipinski definition) is 1. The highest BCUT2D eigenvalue weighted by molar-refractivity contribution is 7.48. The molecule has 1 unspecified atom stereocenters. The SMILES string of the molecule is CCC(CC)(Pc1ccc(F)cc1C=O)c1cccc(C)c1O. The van der Waals surface area contributed by atoms with Crippen LogP contribution in [0.4, 0.5) is 4.39 Å². The molecule has 1 atom stereocenters. The summed E-state index contributed by atoms with van der Waals surface area (Å²) in [6.07, 6.45) is 2.36. The van der Waals surface area contributed by atoms with Gasteiger partial charge < -0.3 is 5.11 Å². The van der Waals surface area contributed by atoms with Crippen LogP contribution in [0.3, 0.4) is 0 Å². The molecule has 0 saturated carbocycles. The van der Waals surface area contributed by atoms with Crippen LogP contribution in [0.2, 0.25) is 0 Å². The van der Waals surface area contributed by atoms with Crippen molar-refractivity contribution in [3.63, 3.8) is 0 Å². The van der Waals surface area contributed by atoms with Gasteiger partial charge in [0.25, 0.3) is 0 Å². The van der Waals surface area contributed by atoms with Gasteiger partial charge in [-0.15, -0.1) is 0 Å². The Balaban J connectivity index is 2.54. The van der Waals surface area contributed by atoms with E-state index in [1.807, 2.05) is 25.1 Å². The number of rotatable bonds is 6. The Morgan fingerprint density at radius 2 is 1.91 bits per heavy atom. The van der Waals surface area contributed by atoms with Gasteiger partial charge in [0, 0.05) is 16.3 Å². The Labute approximate surface area is 138 Å². The van der Waals surface area contributed by atoms with Crippen LogP contribution in [-0.2, 0) is 5.16 Å². The molecule has 1 N–H and O–H groups in total. The molecule has 0 bridgehead atoms. The number of aromatic hydroxyl groups is 1. The maximum Gasteiger partial charge on any atom is 0.150 e. The lowest BCUT2D eigenvalue weighted by Gasteiger charge is -2.34. The molecule has 0 heterocycles. The molecule has 0 spiro atoms. The van der Waals surface area contributed by atoms with Crippen molar-refractivity contribution in [2.24, 2.45) is 0 Å². The second-order valence-electron chi connectivity index (χ2n) is 5.73. The van der Waals surface area contributed by atoms with Gasteiger partial charge in [-0.1, -0.05) is 46.7 Å². The number of benzene rings is 2. The summed E-state index contributed by atoms with van der Waals surface area (Å²) in [6.45, 7) is 6.05. The Kier molecular flexibility index (Phi) is 5.54. The van der Waals surface area contributed by atoms with Crippen molar-refractivity contribution in [3.05, 3.63) is 58.9 Å². The summed E-state index contributed by atoms with van der Waals surface area (Å²) in [6, 6.07) is 10.1. The van der Waals surface area contributed by atoms with Crippen LogP contribution in [0.1, 0.15) is 48.2 Å². The summed E-state index contributed by atoms with van der Waals surface area (Å²) in [4.78, 5) is 11.3. The zero-order valence-electron chi connectivity index (χ0n) is 13.7. The highest BCUT2D eigenvalue weighted by atomic mass is 31.1. The van der Waals surface area contributed by atoms with Crippen LogP contribution in [0.15, 0.2) is 36.4 Å². The largest absolute Gasteiger partial charge is 0.507 e. The minimum absolute atomic E-state index is 0.258. The number of aryl methyl sites for hydroxylation is 1. The number of phenolic OH excluding ortho intramolecular Hbond substituents is 1. The fraction of sp³-hybridized carbons (Fsp3) is 0.316. The van der Waals surface area contributed by atoms with Crippen molar-refractivity contribution in [1.82, 2.24) is 0 Å². The zero-order chi connectivity index (χ0) is 17.0. The van der Waals surface area contributed by atoms with Crippen molar-refractivity contribution in [2.45, 2.75) is 38.8 Å². The minimum Gasteiger partial charge on any atom is -0.507 e. The lowest BCUT2D eigenvalue weighted by Crippen LogP contribution is -2.23. The lowest BCUT2D eigenvalue weighted by atomic mass is 9.90. The van der Waals surface area contributed by atoms with E-state index in [1.54, 1.807) is 6.07 Å². The van der Waals surface area contributed by atoms with Crippen LogP contribution in [0, 0.1) is 12.7 Å². The average molecular weight is 332 g/mol. The van der Waals surface area contributed by atoms with Crippen LogP contribution < -0.4 is 5.30 Å². The fourth-order valence-electron chi connectivity index (χ4n) is 2.92. The van der Waals surface area contributed by atoms with Crippen LogP contribution in [-0.4, -0.2) is 11.4 Å². The molecule has 23 heavy (non-hydrogen) atoms. The monoisotopic (exact) mass is 332 g/mol. The Morgan fingerprint density at radius 3 is 2.52 bits per heavy atom. The molecule has 0 aliphatic carbocycles. The molecule has 2 nitrogen and oxygen atoms in total. The van der Waals surface area contributed by atoms with Gasteiger partial charge in [0.2, 0.25) is 0 Å². The van der Waals surface area contributed by atoms with Crippen LogP contribution in [0.25, 0.3) is 0 Å². The number of para-hydroxylation sites is 1. The van der Waals surface area contributed by atoms with E-state index in [1.165, 1.54) is 12.1 Å². The van der Waals surface area contributed by atoms with E-state index in [2.05, 4.69) is 13.8 Å². The van der Waals surface area contributed by atoms with E-state index in [-0.39, 0.29) is 13.7 Å². The number of carbonyl (C=O) groups is 1. The van der Waals surface area contributed by atoms with Crippen molar-refractivity contribution in [1.29, 1.82) is 0 Å². The lowest BCUT2D eigenvalue weighted by molar-refractivity contribution is 0.112. The third kappa shape index (κ3) is 3.45. The number of halogens is 1. The molecule has 0 aliphatic rings. The van der Waals surface area contributed by atoms with Gasteiger partial charge in [0.05, 0.1) is 0 Å². The third-order valence-corrected chi connectivity index (χ3v) is 6.65. The fourth-order valence-corrected chi connectivity index (χ4v) is 4.57. The topological polar surface area (TPSA) is 37.3 Å². The summed E-state index contributed by atoms with van der Waals surface area (Å²) >= 11 is 0. The Hall–Kier alpha value is -1.73. The average Bonchev–Trinajstić information content (AvgIpc) is 2.56. The van der Waals surface area contributed by atoms with E-state index >= 15 is 0 Å². The van der Waals surface area contributed by atoms with Crippen molar-refractivity contribution in [2.75, 3.05) is 0 Å². The highest BCUT2D eigenvalue weighted by Gasteiger charge is 2.32. The van der Waals surface area contributed by atoms with Gasteiger partial charge in [0.1, 0.15) is 11.6 Å².